The molecule has 0 atom stereocenters. The molecule has 2 aromatic heterocycles. The zero-order valence-electron chi connectivity index (χ0n) is 22.5. The maximum absolute atomic E-state index is 13.0. The third-order valence-electron chi connectivity index (χ3n) is 6.88. The summed E-state index contributed by atoms with van der Waals surface area (Å²) in [5.41, 5.74) is 3.13. The van der Waals surface area contributed by atoms with Gasteiger partial charge < -0.3 is 15.8 Å². The number of hydrogen-bond donors (Lipinski definition) is 2. The number of anilines is 1. The Morgan fingerprint density at radius 2 is 1.90 bits per heavy atom. The van der Waals surface area contributed by atoms with Gasteiger partial charge in [-0.2, -0.15) is 9.83 Å². The lowest BCUT2D eigenvalue weighted by atomic mass is 10.0. The molecule has 11 nitrogen and oxygen atoms in total. The summed E-state index contributed by atoms with van der Waals surface area (Å²) in [5.74, 6) is -0.549. The Bertz CT molecular complexity index is 1730. The Morgan fingerprint density at radius 1 is 1.17 bits per heavy atom. The molecule has 1 saturated carbocycles. The average molecular weight is 642 g/mol. The van der Waals surface area contributed by atoms with E-state index in [4.69, 9.17) is 5.10 Å². The van der Waals surface area contributed by atoms with E-state index in [-0.39, 0.29) is 30.5 Å². The summed E-state index contributed by atoms with van der Waals surface area (Å²) in [4.78, 5) is 25.4. The van der Waals surface area contributed by atoms with Gasteiger partial charge in [0.05, 0.1) is 23.1 Å². The molecule has 1 aliphatic rings. The molecule has 2 amide bonds. The smallest absolute Gasteiger partial charge is 0.270 e. The number of halogens is 1. The van der Waals surface area contributed by atoms with Gasteiger partial charge in [0.1, 0.15) is 11.3 Å². The van der Waals surface area contributed by atoms with Gasteiger partial charge in [-0.1, -0.05) is 15.9 Å². The van der Waals surface area contributed by atoms with E-state index in [9.17, 15) is 23.2 Å². The van der Waals surface area contributed by atoms with Crippen molar-refractivity contribution in [3.8, 4) is 5.69 Å². The number of rotatable bonds is 10. The normalized spacial score (nSPS) is 13.2. The highest BCUT2D eigenvalue weighted by Crippen LogP contribution is 2.46. The van der Waals surface area contributed by atoms with Crippen LogP contribution >= 0.6 is 15.9 Å². The minimum absolute atomic E-state index is 0.121. The van der Waals surface area contributed by atoms with Crippen molar-refractivity contribution >= 4 is 54.4 Å². The molecular weight excluding hydrogens is 612 g/mol. The first kappa shape index (κ1) is 28.6. The van der Waals surface area contributed by atoms with Crippen molar-refractivity contribution in [1.29, 1.82) is 0 Å². The lowest BCUT2D eigenvalue weighted by Gasteiger charge is -2.25. The monoisotopic (exact) mass is 640 g/mol. The van der Waals surface area contributed by atoms with Crippen LogP contribution in [-0.2, 0) is 10.0 Å². The van der Waals surface area contributed by atoms with E-state index in [1.807, 2.05) is 30.3 Å². The van der Waals surface area contributed by atoms with Crippen molar-refractivity contribution in [1.82, 2.24) is 20.4 Å². The van der Waals surface area contributed by atoms with Gasteiger partial charge >= 0.3 is 0 Å². The number of nitrogens with zero attached hydrogens (tertiary/aromatic N) is 4. The summed E-state index contributed by atoms with van der Waals surface area (Å²) in [6.07, 6.45) is 5.78. The highest BCUT2D eigenvalue weighted by atomic mass is 79.9. The van der Waals surface area contributed by atoms with Crippen molar-refractivity contribution in [2.24, 2.45) is 0 Å². The van der Waals surface area contributed by atoms with E-state index in [1.54, 1.807) is 17.8 Å². The minimum atomic E-state index is -3.70. The fraction of sp³-hybridized carbons (Fsp3) is 0.286. The molecule has 4 aromatic rings. The van der Waals surface area contributed by atoms with E-state index >= 15 is 0 Å². The van der Waals surface area contributed by atoms with Crippen LogP contribution in [0.25, 0.3) is 16.6 Å². The molecule has 2 aromatic carbocycles. The number of fused-ring (bicyclic) bond motifs is 1. The van der Waals surface area contributed by atoms with Crippen molar-refractivity contribution in [2.45, 2.75) is 25.2 Å². The van der Waals surface area contributed by atoms with Crippen LogP contribution in [0.3, 0.4) is 0 Å². The van der Waals surface area contributed by atoms with E-state index < -0.39 is 15.9 Å². The number of aromatic nitrogens is 3. The summed E-state index contributed by atoms with van der Waals surface area (Å²) in [7, 11) is -2.14. The summed E-state index contributed by atoms with van der Waals surface area (Å²) in [6.45, 7) is 0.328. The van der Waals surface area contributed by atoms with Crippen molar-refractivity contribution in [2.75, 3.05) is 30.7 Å². The average Bonchev–Trinajstić information content (AvgIpc) is 3.72. The van der Waals surface area contributed by atoms with Gasteiger partial charge in [0.15, 0.2) is 12.4 Å². The highest BCUT2D eigenvalue weighted by Gasteiger charge is 2.32. The molecule has 0 saturated heterocycles. The fourth-order valence-corrected chi connectivity index (χ4v) is 6.00. The van der Waals surface area contributed by atoms with Crippen LogP contribution in [0.2, 0.25) is 0 Å². The van der Waals surface area contributed by atoms with Gasteiger partial charge in [-0.3, -0.25) is 13.9 Å². The third kappa shape index (κ3) is 6.20. The summed E-state index contributed by atoms with van der Waals surface area (Å²) >= 11 is 3.43. The Hall–Kier alpha value is -3.97. The first-order valence-electron chi connectivity index (χ1n) is 13.1. The molecule has 0 unspecified atom stereocenters. The molecule has 214 valence electrons. The Labute approximate surface area is 245 Å². The minimum Gasteiger partial charge on any atom is -0.619 e. The van der Waals surface area contributed by atoms with Gasteiger partial charge in [-0.05, 0) is 73.2 Å². The lowest BCUT2D eigenvalue weighted by Crippen LogP contribution is -2.35. The number of sulfonamides is 1. The molecule has 13 heteroatoms. The number of nitrogens with one attached hydrogen (secondary N) is 2. The zero-order chi connectivity index (χ0) is 29.3. The van der Waals surface area contributed by atoms with Crippen LogP contribution in [0.15, 0.2) is 65.4 Å². The maximum atomic E-state index is 13.0. The van der Waals surface area contributed by atoms with E-state index in [2.05, 4.69) is 26.6 Å². The van der Waals surface area contributed by atoms with Crippen LogP contribution in [0.1, 0.15) is 51.6 Å². The number of pyridine rings is 1. The first-order valence-corrected chi connectivity index (χ1v) is 15.7. The largest absolute Gasteiger partial charge is 0.619 e. The fourth-order valence-electron chi connectivity index (χ4n) is 4.76. The Kier molecular flexibility index (Phi) is 8.00. The predicted octanol–water partition coefficient (Wildman–Crippen LogP) is 3.24. The molecule has 0 aliphatic heterocycles. The van der Waals surface area contributed by atoms with Gasteiger partial charge in [0, 0.05) is 36.1 Å². The SMILES string of the molecule is CNC(=O)c1c2cc(C3CC3)c(N(CCCNC(=O)c3ccc[n+]([O-])c3)S(C)(=O)=O)cc2nn1-c1ccc(Br)cc1. The van der Waals surface area contributed by atoms with Crippen molar-refractivity contribution < 1.29 is 22.7 Å². The summed E-state index contributed by atoms with van der Waals surface area (Å²) in [6, 6.07) is 14.0. The number of amides is 2. The second kappa shape index (κ2) is 11.5. The number of carbonyl (C=O) groups is 2. The predicted molar refractivity (Wildman–Crippen MR) is 159 cm³/mol. The van der Waals surface area contributed by atoms with E-state index in [0.29, 0.717) is 39.1 Å². The molecular formula is C28H29BrN6O5S. The van der Waals surface area contributed by atoms with E-state index in [1.165, 1.54) is 28.8 Å². The lowest BCUT2D eigenvalue weighted by molar-refractivity contribution is -0.605. The number of benzene rings is 2. The van der Waals surface area contributed by atoms with Crippen molar-refractivity contribution in [3.05, 3.63) is 87.4 Å². The summed E-state index contributed by atoms with van der Waals surface area (Å²) < 4.78 is 30.4. The highest BCUT2D eigenvalue weighted by molar-refractivity contribution is 9.10. The molecule has 0 bridgehead atoms. The van der Waals surface area contributed by atoms with Crippen LogP contribution in [0.5, 0.6) is 0 Å². The van der Waals surface area contributed by atoms with Gasteiger partial charge in [0.2, 0.25) is 10.0 Å². The zero-order valence-corrected chi connectivity index (χ0v) is 24.9. The van der Waals surface area contributed by atoms with Crippen LogP contribution in [0.4, 0.5) is 5.69 Å². The van der Waals surface area contributed by atoms with Crippen LogP contribution < -0.4 is 19.7 Å². The quantitative estimate of drug-likeness (QED) is 0.155. The van der Waals surface area contributed by atoms with Gasteiger partial charge in [0.25, 0.3) is 11.8 Å². The molecule has 0 spiro atoms. The molecule has 41 heavy (non-hydrogen) atoms. The Balaban J connectivity index is 1.49. The van der Waals surface area contributed by atoms with Gasteiger partial charge in [-0.15, -0.1) is 0 Å². The standard InChI is InChI=1S/C28H29BrN6O5S/c1-30-28(37)26-23-15-22(18-6-7-18)25(16-24(23)32-35(26)21-10-8-20(29)9-11-21)34(41(2,39)40)14-4-12-31-27(36)19-5-3-13-33(38)17-19/h3,5,8-11,13,15-18H,4,6-7,12,14H2,1-2H3,(H,30,37)(H,31,36). The molecule has 2 N–H and O–H groups in total. The maximum Gasteiger partial charge on any atom is 0.270 e. The second-order valence-corrected chi connectivity index (χ2v) is 12.7. The van der Waals surface area contributed by atoms with Crippen LogP contribution in [-0.4, -0.2) is 56.4 Å². The molecule has 1 aliphatic carbocycles. The molecule has 0 radical (unpaired) electrons. The van der Waals surface area contributed by atoms with Crippen molar-refractivity contribution in [3.63, 3.8) is 0 Å². The second-order valence-electron chi connectivity index (χ2n) is 9.92. The molecule has 1 fully saturated rings. The molecule has 5 rings (SSSR count). The number of carbonyl (C=O) groups excluding carboxylic acids is 2. The molecule has 2 heterocycles. The van der Waals surface area contributed by atoms with Gasteiger partial charge in [-0.25, -0.2) is 13.1 Å². The van der Waals surface area contributed by atoms with Crippen LogP contribution in [0, 0.1) is 5.21 Å². The summed E-state index contributed by atoms with van der Waals surface area (Å²) in [5, 5.41) is 22.3. The Morgan fingerprint density at radius 3 is 2.54 bits per heavy atom. The van der Waals surface area contributed by atoms with E-state index in [0.717, 1.165) is 29.1 Å². The third-order valence-corrected chi connectivity index (χ3v) is 8.59. The topological polar surface area (TPSA) is 140 Å². The first-order chi connectivity index (χ1) is 19.6. The number of hydrogen-bond acceptors (Lipinski definition) is 6.